The van der Waals surface area contributed by atoms with E-state index in [1.807, 2.05) is 6.92 Å². The molecule has 1 heterocycles. The van der Waals surface area contributed by atoms with E-state index in [4.69, 9.17) is 5.11 Å². The van der Waals surface area contributed by atoms with Gasteiger partial charge in [0.25, 0.3) is 5.91 Å². The van der Waals surface area contributed by atoms with Gasteiger partial charge in [0.1, 0.15) is 6.61 Å². The molecular weight excluding hydrogens is 310 g/mol. The number of thiophene rings is 1. The van der Waals surface area contributed by atoms with Crippen molar-refractivity contribution in [3.05, 3.63) is 21.4 Å². The van der Waals surface area contributed by atoms with Crippen LogP contribution in [0, 0.1) is 18.8 Å². The van der Waals surface area contributed by atoms with Crippen molar-refractivity contribution in [1.29, 1.82) is 0 Å². The van der Waals surface area contributed by atoms with Crippen LogP contribution in [0.25, 0.3) is 0 Å². The topological polar surface area (TPSA) is 83.5 Å². The first-order chi connectivity index (χ1) is 9.58. The fourth-order valence-corrected chi connectivity index (χ4v) is 2.65. The molecule has 0 aromatic carbocycles. The Balaban J connectivity index is 2.82. The second-order valence-corrected chi connectivity index (χ2v) is 9.00. The summed E-state index contributed by atoms with van der Waals surface area (Å²) in [5.41, 5.74) is 0.855. The van der Waals surface area contributed by atoms with Gasteiger partial charge < -0.3 is 10.4 Å². The molecule has 0 aliphatic carbocycles. The zero-order chi connectivity index (χ0) is 16.3. The zero-order valence-corrected chi connectivity index (χ0v) is 14.1. The fourth-order valence-electron chi connectivity index (χ4n) is 1.35. The van der Waals surface area contributed by atoms with Crippen molar-refractivity contribution < 1.29 is 18.3 Å². The maximum absolute atomic E-state index is 12.1. The molecule has 0 atom stereocenters. The summed E-state index contributed by atoms with van der Waals surface area (Å²) in [6.45, 7) is 4.77. The molecular formula is C14H19NO4S2. The second kappa shape index (κ2) is 6.60. The van der Waals surface area contributed by atoms with Crippen molar-refractivity contribution in [1.82, 2.24) is 5.32 Å². The maximum Gasteiger partial charge on any atom is 0.261 e. The van der Waals surface area contributed by atoms with Gasteiger partial charge >= 0.3 is 0 Å². The van der Waals surface area contributed by atoms with Crippen molar-refractivity contribution >= 4 is 27.1 Å². The van der Waals surface area contributed by atoms with E-state index in [0.29, 0.717) is 4.88 Å². The van der Waals surface area contributed by atoms with E-state index in [0.717, 1.165) is 16.7 Å². The second-order valence-electron chi connectivity index (χ2n) is 5.30. The predicted octanol–water partition coefficient (Wildman–Crippen LogP) is 0.953. The number of amides is 1. The number of hydrogen-bond donors (Lipinski definition) is 2. The molecule has 0 bridgehead atoms. The van der Waals surface area contributed by atoms with Gasteiger partial charge in [-0.05, 0) is 32.4 Å². The lowest BCUT2D eigenvalue weighted by Gasteiger charge is -2.22. The molecule has 0 saturated heterocycles. The van der Waals surface area contributed by atoms with E-state index in [2.05, 4.69) is 17.2 Å². The smallest absolute Gasteiger partial charge is 0.261 e. The van der Waals surface area contributed by atoms with Gasteiger partial charge in [-0.1, -0.05) is 11.8 Å². The average Bonchev–Trinajstić information content (AvgIpc) is 2.73. The largest absolute Gasteiger partial charge is 0.384 e. The molecule has 5 nitrogen and oxygen atoms in total. The highest BCUT2D eigenvalue weighted by Gasteiger charge is 2.30. The van der Waals surface area contributed by atoms with Crippen molar-refractivity contribution in [3.8, 4) is 11.8 Å². The third kappa shape index (κ3) is 4.56. The van der Waals surface area contributed by atoms with Gasteiger partial charge in [0.15, 0.2) is 9.84 Å². The van der Waals surface area contributed by atoms with Crippen LogP contribution in [0.1, 0.15) is 34.0 Å². The Morgan fingerprint density at radius 1 is 1.48 bits per heavy atom. The minimum atomic E-state index is -3.26. The molecule has 1 rings (SSSR count). The molecule has 0 fully saturated rings. The van der Waals surface area contributed by atoms with Crippen molar-refractivity contribution in [2.24, 2.45) is 0 Å². The number of aliphatic hydroxyl groups excluding tert-OH is 1. The van der Waals surface area contributed by atoms with E-state index in [9.17, 15) is 13.2 Å². The van der Waals surface area contributed by atoms with Crippen LogP contribution >= 0.6 is 11.3 Å². The van der Waals surface area contributed by atoms with Crippen LogP contribution in [0.2, 0.25) is 0 Å². The Hall–Kier alpha value is -1.36. The van der Waals surface area contributed by atoms with Crippen LogP contribution in [0.5, 0.6) is 0 Å². The van der Waals surface area contributed by atoms with Gasteiger partial charge in [0.05, 0.1) is 14.5 Å². The van der Waals surface area contributed by atoms with E-state index in [-0.39, 0.29) is 19.1 Å². The van der Waals surface area contributed by atoms with Crippen LogP contribution in [0.4, 0.5) is 0 Å². The summed E-state index contributed by atoms with van der Waals surface area (Å²) >= 11 is 1.22. The Labute approximate surface area is 129 Å². The highest BCUT2D eigenvalue weighted by molar-refractivity contribution is 7.92. The van der Waals surface area contributed by atoms with E-state index in [1.165, 1.54) is 11.3 Å². The van der Waals surface area contributed by atoms with Crippen LogP contribution in [0.3, 0.4) is 0 Å². The number of hydrogen-bond acceptors (Lipinski definition) is 5. The van der Waals surface area contributed by atoms with Crippen LogP contribution in [-0.4, -0.2) is 43.6 Å². The lowest BCUT2D eigenvalue weighted by molar-refractivity contribution is 0.0954. The molecule has 2 N–H and O–H groups in total. The van der Waals surface area contributed by atoms with E-state index >= 15 is 0 Å². The minimum absolute atomic E-state index is 0.0409. The maximum atomic E-state index is 12.1. The summed E-state index contributed by atoms with van der Waals surface area (Å²) in [6, 6.07) is 1.70. The van der Waals surface area contributed by atoms with Crippen molar-refractivity contribution in [2.45, 2.75) is 25.5 Å². The quantitative estimate of drug-likeness (QED) is 0.806. The summed E-state index contributed by atoms with van der Waals surface area (Å²) in [5, 5.41) is 11.3. The number of rotatable bonds is 4. The molecule has 7 heteroatoms. The monoisotopic (exact) mass is 329 g/mol. The Morgan fingerprint density at radius 3 is 2.62 bits per heavy atom. The van der Waals surface area contributed by atoms with Crippen molar-refractivity contribution in [3.63, 3.8) is 0 Å². The highest BCUT2D eigenvalue weighted by atomic mass is 32.2. The number of carbonyl (C=O) groups excluding carboxylic acids is 1. The fraction of sp³-hybridized carbons (Fsp3) is 0.500. The number of nitrogens with one attached hydrogen (secondary N) is 1. The average molecular weight is 329 g/mol. The van der Waals surface area contributed by atoms with Gasteiger partial charge in [-0.25, -0.2) is 8.42 Å². The molecule has 0 saturated carbocycles. The molecule has 0 unspecified atom stereocenters. The number of aryl methyl sites for hydroxylation is 1. The summed E-state index contributed by atoms with van der Waals surface area (Å²) in [6.07, 6.45) is 1.15. The Bertz CT molecular complexity index is 690. The standard InChI is InChI=1S/C14H19NO4S2/c1-10-8-12(20-11(10)6-5-7-16)13(17)15-9-14(2,3)21(4,18)19/h8,16H,7,9H2,1-4H3,(H,15,17). The lowest BCUT2D eigenvalue weighted by Crippen LogP contribution is -2.43. The molecule has 1 aromatic rings. The normalized spacial score (nSPS) is 11.7. The zero-order valence-electron chi connectivity index (χ0n) is 12.5. The van der Waals surface area contributed by atoms with Gasteiger partial charge in [0, 0.05) is 12.8 Å². The lowest BCUT2D eigenvalue weighted by atomic mass is 10.2. The van der Waals surface area contributed by atoms with Gasteiger partial charge in [-0.2, -0.15) is 0 Å². The Kier molecular flexibility index (Phi) is 5.56. The van der Waals surface area contributed by atoms with E-state index < -0.39 is 14.6 Å². The van der Waals surface area contributed by atoms with Gasteiger partial charge in [-0.3, -0.25) is 4.79 Å². The summed E-state index contributed by atoms with van der Waals surface area (Å²) in [4.78, 5) is 13.3. The summed E-state index contributed by atoms with van der Waals surface area (Å²) < 4.78 is 22.2. The third-order valence-corrected chi connectivity index (χ3v) is 6.40. The molecule has 0 spiro atoms. The molecule has 0 radical (unpaired) electrons. The highest BCUT2D eigenvalue weighted by Crippen LogP contribution is 2.21. The first kappa shape index (κ1) is 17.7. The number of carbonyl (C=O) groups is 1. The first-order valence-electron chi connectivity index (χ1n) is 6.26. The molecule has 0 aliphatic rings. The predicted molar refractivity (Wildman–Crippen MR) is 84.3 cm³/mol. The molecule has 1 amide bonds. The molecule has 1 aromatic heterocycles. The number of sulfone groups is 1. The minimum Gasteiger partial charge on any atom is -0.384 e. The van der Waals surface area contributed by atoms with Gasteiger partial charge in [0.2, 0.25) is 0 Å². The summed E-state index contributed by atoms with van der Waals surface area (Å²) in [7, 11) is -3.26. The molecule has 116 valence electrons. The first-order valence-corrected chi connectivity index (χ1v) is 8.97. The third-order valence-electron chi connectivity index (χ3n) is 3.10. The number of aliphatic hydroxyl groups is 1. The van der Waals surface area contributed by atoms with Gasteiger partial charge in [-0.15, -0.1) is 11.3 Å². The van der Waals surface area contributed by atoms with Crippen LogP contribution in [0.15, 0.2) is 6.07 Å². The van der Waals surface area contributed by atoms with Crippen LogP contribution in [-0.2, 0) is 9.84 Å². The Morgan fingerprint density at radius 2 is 2.10 bits per heavy atom. The molecule has 0 aliphatic heterocycles. The molecule has 21 heavy (non-hydrogen) atoms. The van der Waals surface area contributed by atoms with E-state index in [1.54, 1.807) is 19.9 Å². The summed E-state index contributed by atoms with van der Waals surface area (Å²) in [5.74, 6) is 4.99. The SMILES string of the molecule is Cc1cc(C(=O)NCC(C)(C)S(C)(=O)=O)sc1C#CCO. The van der Waals surface area contributed by atoms with Crippen molar-refractivity contribution in [2.75, 3.05) is 19.4 Å². The van der Waals surface area contributed by atoms with Crippen LogP contribution < -0.4 is 5.32 Å².